The molecule has 0 N–H and O–H groups in total. The second kappa shape index (κ2) is 8.64. The molecule has 114 valence electrons. The van der Waals surface area contributed by atoms with Gasteiger partial charge in [-0.2, -0.15) is 13.0 Å². The van der Waals surface area contributed by atoms with Gasteiger partial charge in [-0.25, -0.2) is 4.89 Å². The molecule has 1 aliphatic rings. The molecule has 0 aromatic carbocycles. The van der Waals surface area contributed by atoms with E-state index in [-0.39, 0.29) is 11.7 Å². The van der Waals surface area contributed by atoms with Gasteiger partial charge in [-0.15, -0.1) is 0 Å². The van der Waals surface area contributed by atoms with Crippen molar-refractivity contribution in [2.24, 2.45) is 0 Å². The Morgan fingerprint density at radius 2 is 2.00 bits per heavy atom. The minimum atomic E-state index is -0.975. The van der Waals surface area contributed by atoms with Crippen LogP contribution in [-0.4, -0.2) is 22.1 Å². The molecule has 5 nitrogen and oxygen atoms in total. The Morgan fingerprint density at radius 1 is 1.26 bits per heavy atom. The lowest BCUT2D eigenvalue weighted by Crippen LogP contribution is -2.51. The maximum absolute atomic E-state index is 5.72. The molecule has 0 radical (unpaired) electrons. The first kappa shape index (κ1) is 18.3. The van der Waals surface area contributed by atoms with Gasteiger partial charge in [0.25, 0.3) is 5.79 Å². The van der Waals surface area contributed by atoms with Crippen molar-refractivity contribution in [3.05, 3.63) is 0 Å². The van der Waals surface area contributed by atoms with Crippen LogP contribution in [0.2, 0.25) is 0 Å². The summed E-state index contributed by atoms with van der Waals surface area (Å²) in [7, 11) is 0. The van der Waals surface area contributed by atoms with Gasteiger partial charge in [0.1, 0.15) is 6.10 Å². The van der Waals surface area contributed by atoms with Gasteiger partial charge < -0.3 is 4.74 Å². The van der Waals surface area contributed by atoms with E-state index in [2.05, 4.69) is 22.6 Å². The van der Waals surface area contributed by atoms with Crippen molar-refractivity contribution in [2.45, 2.75) is 70.4 Å². The first-order chi connectivity index (χ1) is 8.99. The first-order valence-corrected chi connectivity index (χ1v) is 8.91. The topological polar surface area (TPSA) is 46.2 Å². The third-order valence-electron chi connectivity index (χ3n) is 3.43. The van der Waals surface area contributed by atoms with E-state index >= 15 is 0 Å². The van der Waals surface area contributed by atoms with E-state index in [4.69, 9.17) is 22.6 Å². The third kappa shape index (κ3) is 5.51. The Kier molecular flexibility index (Phi) is 8.33. The summed E-state index contributed by atoms with van der Waals surface area (Å²) in [6.07, 6.45) is 4.31. The van der Waals surface area contributed by atoms with Gasteiger partial charge >= 0.3 is 0 Å². The monoisotopic (exact) mass is 500 g/mol. The van der Waals surface area contributed by atoms with E-state index in [0.717, 1.165) is 25.7 Å². The van der Waals surface area contributed by atoms with Crippen LogP contribution in [0.4, 0.5) is 0 Å². The minimum absolute atomic E-state index is 0.180. The van der Waals surface area contributed by atoms with Gasteiger partial charge in [0.05, 0.1) is 10.2 Å². The summed E-state index contributed by atoms with van der Waals surface area (Å²) in [5, 5.41) is 0. The molecule has 0 saturated heterocycles. The smallest absolute Gasteiger partial charge is 0.260 e. The highest BCUT2D eigenvalue weighted by Gasteiger charge is 2.48. The average Bonchev–Trinajstić information content (AvgIpc) is 2.40. The van der Waals surface area contributed by atoms with Crippen LogP contribution in [0.1, 0.15) is 52.9 Å². The standard InChI is InChI=1S/C12H22I2O5/c1-4-11(2,3)16-17-12(18-19-14)8-6-5-7-10(12)15-9-13/h10H,4-9H2,1-3H3. The molecular weight excluding hydrogens is 478 g/mol. The van der Waals surface area contributed by atoms with Crippen molar-refractivity contribution >= 4 is 45.6 Å². The van der Waals surface area contributed by atoms with Gasteiger partial charge in [0, 0.05) is 6.42 Å². The van der Waals surface area contributed by atoms with Gasteiger partial charge in [-0.3, -0.25) is 0 Å². The van der Waals surface area contributed by atoms with Crippen LogP contribution in [-0.2, 0) is 22.6 Å². The largest absolute Gasteiger partial charge is 0.362 e. The molecule has 7 heteroatoms. The molecular formula is C12H22I2O5. The molecule has 0 heterocycles. The van der Waals surface area contributed by atoms with E-state index in [1.165, 1.54) is 0 Å². The molecule has 1 fully saturated rings. The van der Waals surface area contributed by atoms with Crippen LogP contribution in [0.3, 0.4) is 0 Å². The van der Waals surface area contributed by atoms with Gasteiger partial charge in [0.15, 0.2) is 23.0 Å². The predicted molar refractivity (Wildman–Crippen MR) is 87.7 cm³/mol. The van der Waals surface area contributed by atoms with Crippen LogP contribution in [0, 0.1) is 0 Å². The van der Waals surface area contributed by atoms with Crippen LogP contribution in [0.15, 0.2) is 0 Å². The molecule has 1 aliphatic carbocycles. The van der Waals surface area contributed by atoms with Crippen LogP contribution < -0.4 is 0 Å². The summed E-state index contributed by atoms with van der Waals surface area (Å²) in [5.74, 6) is -0.975. The fourth-order valence-corrected chi connectivity index (χ4v) is 2.61. The Balaban J connectivity index is 2.74. The van der Waals surface area contributed by atoms with Crippen molar-refractivity contribution < 1.29 is 22.6 Å². The Morgan fingerprint density at radius 3 is 2.58 bits per heavy atom. The maximum atomic E-state index is 5.72. The third-order valence-corrected chi connectivity index (χ3v) is 3.97. The Hall–Kier alpha value is 1.26. The van der Waals surface area contributed by atoms with E-state index < -0.39 is 5.79 Å². The number of hydrogen-bond acceptors (Lipinski definition) is 5. The van der Waals surface area contributed by atoms with Crippen molar-refractivity contribution in [1.29, 1.82) is 0 Å². The van der Waals surface area contributed by atoms with E-state index in [9.17, 15) is 0 Å². The second-order valence-electron chi connectivity index (χ2n) is 5.25. The summed E-state index contributed by atoms with van der Waals surface area (Å²) < 4.78 is 11.1. The highest BCUT2D eigenvalue weighted by molar-refractivity contribution is 14.1. The summed E-state index contributed by atoms with van der Waals surface area (Å²) in [4.78, 5) is 16.6. The lowest BCUT2D eigenvalue weighted by atomic mass is 9.91. The minimum Gasteiger partial charge on any atom is -0.362 e. The van der Waals surface area contributed by atoms with Crippen molar-refractivity contribution in [3.8, 4) is 0 Å². The normalized spacial score (nSPS) is 28.6. The Bertz CT molecular complexity index is 259. The SMILES string of the molecule is CCC(C)(C)OOC1(OOI)CCCCC1OCI. The zero-order valence-corrected chi connectivity index (χ0v) is 15.9. The molecule has 19 heavy (non-hydrogen) atoms. The fourth-order valence-electron chi connectivity index (χ4n) is 1.87. The van der Waals surface area contributed by atoms with E-state index in [1.54, 1.807) is 23.0 Å². The van der Waals surface area contributed by atoms with Gasteiger partial charge in [-0.1, -0.05) is 35.9 Å². The highest BCUT2D eigenvalue weighted by Crippen LogP contribution is 2.37. The average molecular weight is 500 g/mol. The molecule has 1 rings (SSSR count). The lowest BCUT2D eigenvalue weighted by Gasteiger charge is -2.40. The van der Waals surface area contributed by atoms with Crippen LogP contribution in [0.25, 0.3) is 0 Å². The number of alkyl halides is 1. The predicted octanol–water partition coefficient (Wildman–Crippen LogP) is 4.47. The van der Waals surface area contributed by atoms with E-state index in [1.807, 2.05) is 20.8 Å². The first-order valence-electron chi connectivity index (χ1n) is 6.50. The maximum Gasteiger partial charge on any atom is 0.260 e. The van der Waals surface area contributed by atoms with Crippen molar-refractivity contribution in [2.75, 3.05) is 4.61 Å². The molecule has 2 atom stereocenters. The van der Waals surface area contributed by atoms with Gasteiger partial charge in [0.2, 0.25) is 0 Å². The molecule has 0 amide bonds. The van der Waals surface area contributed by atoms with Crippen molar-refractivity contribution in [3.63, 3.8) is 0 Å². The highest BCUT2D eigenvalue weighted by atomic mass is 127. The van der Waals surface area contributed by atoms with Gasteiger partial charge in [-0.05, 0) is 33.1 Å². The van der Waals surface area contributed by atoms with E-state index in [0.29, 0.717) is 11.0 Å². The molecule has 0 aromatic rings. The molecule has 0 aliphatic heterocycles. The molecule has 0 aromatic heterocycles. The molecule has 2 unspecified atom stereocenters. The molecule has 0 spiro atoms. The summed E-state index contributed by atoms with van der Waals surface area (Å²) in [6.45, 7) is 6.00. The summed E-state index contributed by atoms with van der Waals surface area (Å²) >= 11 is 3.86. The van der Waals surface area contributed by atoms with Crippen LogP contribution >= 0.6 is 45.6 Å². The summed E-state index contributed by atoms with van der Waals surface area (Å²) in [6, 6.07) is 0. The van der Waals surface area contributed by atoms with Crippen LogP contribution in [0.5, 0.6) is 0 Å². The number of halogens is 2. The quantitative estimate of drug-likeness (QED) is 0.162. The van der Waals surface area contributed by atoms with Crippen molar-refractivity contribution in [1.82, 2.24) is 0 Å². The zero-order chi connectivity index (χ0) is 14.4. The summed E-state index contributed by atoms with van der Waals surface area (Å²) in [5.41, 5.74) is -0.367. The zero-order valence-electron chi connectivity index (χ0n) is 11.6. The molecule has 0 bridgehead atoms. The molecule has 1 saturated carbocycles. The number of hydrogen-bond donors (Lipinski definition) is 0. The number of ether oxygens (including phenoxy) is 1. The lowest BCUT2D eigenvalue weighted by molar-refractivity contribution is -0.522. The second-order valence-corrected chi connectivity index (χ2v) is 6.23. The fraction of sp³-hybridized carbons (Fsp3) is 1.00. The Labute approximate surface area is 142 Å². The number of rotatable bonds is 8.